The molecule has 0 aromatic rings. The molecule has 0 radical (unpaired) electrons. The molecule has 1 saturated carbocycles. The number of ketones is 1. The minimum absolute atomic E-state index is 0.0215. The monoisotopic (exact) mass is 374 g/mol. The molecule has 7 nitrogen and oxygen atoms in total. The van der Waals surface area contributed by atoms with Crippen LogP contribution >= 0.6 is 11.8 Å². The number of hydrogen-bond acceptors (Lipinski definition) is 7. The summed E-state index contributed by atoms with van der Waals surface area (Å²) in [7, 11) is 1.16. The van der Waals surface area contributed by atoms with Crippen LogP contribution < -0.4 is 11.5 Å². The SMILES string of the molecule is CCC1(SC[C@](N)(C(=O)OC)C(=O)[C@@H](N)CC(=O)O)CCCCCC1. The van der Waals surface area contributed by atoms with Gasteiger partial charge in [-0.3, -0.25) is 9.59 Å². The number of carboxylic acids is 1. The van der Waals surface area contributed by atoms with E-state index < -0.39 is 35.7 Å². The Morgan fingerprint density at radius 1 is 1.24 bits per heavy atom. The summed E-state index contributed by atoms with van der Waals surface area (Å²) < 4.78 is 4.70. The number of esters is 1. The highest BCUT2D eigenvalue weighted by Crippen LogP contribution is 2.42. The fourth-order valence-electron chi connectivity index (χ4n) is 3.26. The maximum Gasteiger partial charge on any atom is 0.334 e. The molecule has 0 aliphatic heterocycles. The summed E-state index contributed by atoms with van der Waals surface area (Å²) in [6, 6.07) is -1.34. The molecule has 144 valence electrons. The summed E-state index contributed by atoms with van der Waals surface area (Å²) in [6.45, 7) is 2.10. The predicted octanol–water partition coefficient (Wildman–Crippen LogP) is 1.46. The quantitative estimate of drug-likeness (QED) is 0.314. The van der Waals surface area contributed by atoms with Crippen molar-refractivity contribution in [1.29, 1.82) is 0 Å². The summed E-state index contributed by atoms with van der Waals surface area (Å²) in [5.41, 5.74) is 9.86. The average Bonchev–Trinajstić information content (AvgIpc) is 2.83. The summed E-state index contributed by atoms with van der Waals surface area (Å²) >= 11 is 1.52. The number of carboxylic acid groups (broad SMARTS) is 1. The van der Waals surface area contributed by atoms with Gasteiger partial charge in [0.05, 0.1) is 19.6 Å². The first-order valence-electron chi connectivity index (χ1n) is 8.73. The number of Topliss-reactive ketones (excluding diaryl/α,β-unsaturated/α-hetero) is 1. The van der Waals surface area contributed by atoms with Gasteiger partial charge in [0, 0.05) is 10.5 Å². The fourth-order valence-corrected chi connectivity index (χ4v) is 4.84. The van der Waals surface area contributed by atoms with E-state index in [4.69, 9.17) is 21.3 Å². The van der Waals surface area contributed by atoms with Crippen molar-refractivity contribution in [3.63, 3.8) is 0 Å². The molecule has 0 heterocycles. The number of aliphatic carboxylic acids is 1. The molecule has 0 amide bonds. The second-order valence-corrected chi connectivity index (χ2v) is 8.21. The molecule has 0 unspecified atom stereocenters. The number of ether oxygens (including phenoxy) is 1. The van der Waals surface area contributed by atoms with Crippen LogP contribution in [-0.2, 0) is 19.1 Å². The first-order valence-corrected chi connectivity index (χ1v) is 9.72. The number of nitrogens with two attached hydrogens (primary N) is 2. The van der Waals surface area contributed by atoms with Crippen molar-refractivity contribution in [2.24, 2.45) is 11.5 Å². The van der Waals surface area contributed by atoms with E-state index in [1.54, 1.807) is 0 Å². The Morgan fingerprint density at radius 3 is 2.24 bits per heavy atom. The largest absolute Gasteiger partial charge is 0.481 e. The van der Waals surface area contributed by atoms with Crippen LogP contribution in [0.15, 0.2) is 0 Å². The van der Waals surface area contributed by atoms with E-state index >= 15 is 0 Å². The zero-order valence-corrected chi connectivity index (χ0v) is 15.9. The Hall–Kier alpha value is -1.12. The molecule has 1 aliphatic carbocycles. The molecule has 0 saturated heterocycles. The van der Waals surface area contributed by atoms with Gasteiger partial charge in [-0.2, -0.15) is 11.8 Å². The topological polar surface area (TPSA) is 133 Å². The number of methoxy groups -OCH3 is 1. The van der Waals surface area contributed by atoms with Crippen molar-refractivity contribution in [2.45, 2.75) is 74.6 Å². The first-order chi connectivity index (χ1) is 11.7. The van der Waals surface area contributed by atoms with Gasteiger partial charge in [-0.1, -0.05) is 32.6 Å². The van der Waals surface area contributed by atoms with Crippen LogP contribution in [0.3, 0.4) is 0 Å². The first kappa shape index (κ1) is 21.9. The lowest BCUT2D eigenvalue weighted by Gasteiger charge is -2.35. The van der Waals surface area contributed by atoms with Crippen molar-refractivity contribution >= 4 is 29.5 Å². The summed E-state index contributed by atoms with van der Waals surface area (Å²) in [5, 5.41) is 8.84. The molecule has 25 heavy (non-hydrogen) atoms. The minimum atomic E-state index is -1.93. The number of hydrogen-bond donors (Lipinski definition) is 3. The van der Waals surface area contributed by atoms with Crippen LogP contribution in [-0.4, -0.2) is 52.0 Å². The molecule has 0 aromatic heterocycles. The minimum Gasteiger partial charge on any atom is -0.481 e. The molecule has 0 spiro atoms. The van der Waals surface area contributed by atoms with Gasteiger partial charge < -0.3 is 21.3 Å². The van der Waals surface area contributed by atoms with E-state index in [0.29, 0.717) is 0 Å². The maximum absolute atomic E-state index is 12.6. The van der Waals surface area contributed by atoms with Gasteiger partial charge in [-0.15, -0.1) is 0 Å². The smallest absolute Gasteiger partial charge is 0.334 e. The Morgan fingerprint density at radius 2 is 1.80 bits per heavy atom. The second-order valence-electron chi connectivity index (χ2n) is 6.77. The maximum atomic E-state index is 12.6. The number of rotatable bonds is 9. The van der Waals surface area contributed by atoms with E-state index in [1.807, 2.05) is 0 Å². The van der Waals surface area contributed by atoms with E-state index in [2.05, 4.69) is 6.92 Å². The van der Waals surface area contributed by atoms with Crippen LogP contribution in [0.25, 0.3) is 0 Å². The Bertz CT molecular complexity index is 491. The highest BCUT2D eigenvalue weighted by Gasteiger charge is 2.47. The molecule has 5 N–H and O–H groups in total. The summed E-state index contributed by atoms with van der Waals surface area (Å²) in [6.07, 6.45) is 6.99. The number of carbonyl (C=O) groups is 3. The zero-order valence-electron chi connectivity index (χ0n) is 15.1. The van der Waals surface area contributed by atoms with Crippen molar-refractivity contribution < 1.29 is 24.2 Å². The fraction of sp³-hybridized carbons (Fsp3) is 0.824. The van der Waals surface area contributed by atoms with Gasteiger partial charge in [0.1, 0.15) is 0 Å². The molecule has 1 aliphatic rings. The Labute approximate surface area is 153 Å². The third-order valence-electron chi connectivity index (χ3n) is 4.99. The molecule has 8 heteroatoms. The summed E-state index contributed by atoms with van der Waals surface area (Å²) in [4.78, 5) is 35.6. The second kappa shape index (κ2) is 9.54. The van der Waals surface area contributed by atoms with Gasteiger partial charge in [0.15, 0.2) is 11.3 Å². The third-order valence-corrected chi connectivity index (χ3v) is 6.89. The van der Waals surface area contributed by atoms with Crippen LogP contribution in [0.2, 0.25) is 0 Å². The molecular formula is C17H30N2O5S. The number of thioether (sulfide) groups is 1. The van der Waals surface area contributed by atoms with Crippen LogP contribution in [0.4, 0.5) is 0 Å². The molecule has 0 aromatic carbocycles. The lowest BCUT2D eigenvalue weighted by Crippen LogP contribution is -2.63. The van der Waals surface area contributed by atoms with Gasteiger partial charge in [-0.25, -0.2) is 4.79 Å². The number of carbonyl (C=O) groups excluding carboxylic acids is 2. The van der Waals surface area contributed by atoms with E-state index in [1.165, 1.54) is 24.6 Å². The molecule has 2 atom stereocenters. The standard InChI is InChI=1S/C17H30N2O5S/c1-3-16(8-6-4-5-7-9-16)25-11-17(19,15(23)24-2)14(22)12(18)10-13(20)21/h12H,3-11,18-19H2,1-2H3,(H,20,21)/t12-,17+/m0/s1. The van der Waals surface area contributed by atoms with Crippen LogP contribution in [0.5, 0.6) is 0 Å². The highest BCUT2D eigenvalue weighted by atomic mass is 32.2. The summed E-state index contributed by atoms with van der Waals surface area (Å²) in [5.74, 6) is -2.83. The van der Waals surface area contributed by atoms with E-state index in [-0.39, 0.29) is 10.5 Å². The highest BCUT2D eigenvalue weighted by molar-refractivity contribution is 8.00. The molecular weight excluding hydrogens is 344 g/mol. The lowest BCUT2D eigenvalue weighted by atomic mass is 9.91. The van der Waals surface area contributed by atoms with E-state index in [0.717, 1.165) is 39.2 Å². The molecule has 0 bridgehead atoms. The van der Waals surface area contributed by atoms with Crippen molar-refractivity contribution in [1.82, 2.24) is 0 Å². The van der Waals surface area contributed by atoms with E-state index in [9.17, 15) is 14.4 Å². The van der Waals surface area contributed by atoms with Gasteiger partial charge in [0.2, 0.25) is 0 Å². The van der Waals surface area contributed by atoms with Gasteiger partial charge in [0.25, 0.3) is 0 Å². The van der Waals surface area contributed by atoms with Crippen molar-refractivity contribution in [2.75, 3.05) is 12.9 Å². The van der Waals surface area contributed by atoms with Crippen LogP contribution in [0.1, 0.15) is 58.3 Å². The third kappa shape index (κ3) is 5.69. The van der Waals surface area contributed by atoms with Gasteiger partial charge >= 0.3 is 11.9 Å². The lowest BCUT2D eigenvalue weighted by molar-refractivity contribution is -0.151. The van der Waals surface area contributed by atoms with Crippen molar-refractivity contribution in [3.8, 4) is 0 Å². The molecule has 1 fully saturated rings. The van der Waals surface area contributed by atoms with Crippen molar-refractivity contribution in [3.05, 3.63) is 0 Å². The Balaban J connectivity index is 2.95. The van der Waals surface area contributed by atoms with Gasteiger partial charge in [-0.05, 0) is 19.3 Å². The predicted molar refractivity (Wildman–Crippen MR) is 97.4 cm³/mol. The normalized spacial score (nSPS) is 20.8. The zero-order chi connectivity index (χ0) is 19.1. The molecule has 1 rings (SSSR count). The Kier molecular flexibility index (Phi) is 8.37. The van der Waals surface area contributed by atoms with Crippen LogP contribution in [0, 0.1) is 0 Å². The average molecular weight is 375 g/mol.